The van der Waals surface area contributed by atoms with Gasteiger partial charge >= 0.3 is 0 Å². The maximum atomic E-state index is 13.1. The van der Waals surface area contributed by atoms with E-state index in [9.17, 15) is 9.50 Å². The van der Waals surface area contributed by atoms with Crippen LogP contribution < -0.4 is 0 Å². The van der Waals surface area contributed by atoms with Crippen LogP contribution in [0.25, 0.3) is 16.7 Å². The quantitative estimate of drug-likeness (QED) is 0.586. The van der Waals surface area contributed by atoms with E-state index in [2.05, 4.69) is 35.2 Å². The molecule has 1 aliphatic rings. The Hall–Kier alpha value is -2.75. The average molecular weight is 387 g/mol. The molecule has 3 aromatic carbocycles. The highest BCUT2D eigenvalue weighted by Gasteiger charge is 2.15. The van der Waals surface area contributed by atoms with E-state index in [1.54, 1.807) is 12.1 Å². The van der Waals surface area contributed by atoms with Crippen LogP contribution in [0.3, 0.4) is 0 Å². The summed E-state index contributed by atoms with van der Waals surface area (Å²) < 4.78 is 13.1. The molecule has 1 N–H and O–H groups in total. The van der Waals surface area contributed by atoms with Crippen LogP contribution in [-0.2, 0) is 0 Å². The first kappa shape index (κ1) is 19.6. The largest absolute Gasteiger partial charge is 0.388 e. The zero-order valence-electron chi connectivity index (χ0n) is 16.5. The van der Waals surface area contributed by atoms with Crippen LogP contribution in [0.15, 0.2) is 84.9 Å². The summed E-state index contributed by atoms with van der Waals surface area (Å²) in [5.74, 6) is -0.232. The molecule has 0 amide bonds. The topological polar surface area (TPSA) is 23.5 Å². The summed E-state index contributed by atoms with van der Waals surface area (Å²) in [5.41, 5.74) is 5.65. The molecular formula is C26H26FNO. The average Bonchev–Trinajstić information content (AvgIpc) is 2.79. The Morgan fingerprint density at radius 3 is 2.10 bits per heavy atom. The Labute approximate surface area is 171 Å². The second-order valence-corrected chi connectivity index (χ2v) is 7.58. The van der Waals surface area contributed by atoms with Gasteiger partial charge in [-0.25, -0.2) is 4.39 Å². The molecular weight excluding hydrogens is 361 g/mol. The third-order valence-corrected chi connectivity index (χ3v) is 5.63. The monoisotopic (exact) mass is 387 g/mol. The van der Waals surface area contributed by atoms with Crippen molar-refractivity contribution in [1.82, 2.24) is 4.90 Å². The molecule has 3 heteroatoms. The molecule has 29 heavy (non-hydrogen) atoms. The summed E-state index contributed by atoms with van der Waals surface area (Å²) in [7, 11) is 0. The fraction of sp³-hybridized carbons (Fsp3) is 0.231. The molecule has 0 saturated heterocycles. The fourth-order valence-electron chi connectivity index (χ4n) is 3.84. The molecule has 0 saturated carbocycles. The molecule has 0 aliphatic carbocycles. The predicted octanol–water partition coefficient (Wildman–Crippen LogP) is 5.71. The maximum Gasteiger partial charge on any atom is 0.123 e. The standard InChI is InChI=1S/C26H26FNO/c27-25-12-10-22(11-13-25)21-6-8-24(9-7-21)26(29)16-19-28-17-14-23(15-18-28)20-4-2-1-3-5-20/h1-14,26,29H,15-19H2. The highest BCUT2D eigenvalue weighted by atomic mass is 19.1. The van der Waals surface area contributed by atoms with Gasteiger partial charge in [0.05, 0.1) is 6.10 Å². The number of rotatable bonds is 6. The minimum absolute atomic E-state index is 0.232. The molecule has 0 fully saturated rings. The van der Waals surface area contributed by atoms with E-state index >= 15 is 0 Å². The zero-order chi connectivity index (χ0) is 20.1. The lowest BCUT2D eigenvalue weighted by molar-refractivity contribution is 0.145. The van der Waals surface area contributed by atoms with Crippen molar-refractivity contribution >= 4 is 5.57 Å². The first-order chi connectivity index (χ1) is 14.2. The molecule has 4 rings (SSSR count). The first-order valence-corrected chi connectivity index (χ1v) is 10.2. The van der Waals surface area contributed by atoms with E-state index in [1.807, 2.05) is 30.3 Å². The van der Waals surface area contributed by atoms with Crippen LogP contribution in [-0.4, -0.2) is 29.6 Å². The molecule has 1 atom stereocenters. The second-order valence-electron chi connectivity index (χ2n) is 7.58. The van der Waals surface area contributed by atoms with Gasteiger partial charge in [-0.15, -0.1) is 0 Å². The normalized spacial score (nSPS) is 15.7. The minimum Gasteiger partial charge on any atom is -0.388 e. The Morgan fingerprint density at radius 2 is 1.48 bits per heavy atom. The number of nitrogens with zero attached hydrogens (tertiary/aromatic N) is 1. The van der Waals surface area contributed by atoms with E-state index in [1.165, 1.54) is 23.3 Å². The van der Waals surface area contributed by atoms with Gasteiger partial charge in [-0.2, -0.15) is 0 Å². The number of hydrogen-bond donors (Lipinski definition) is 1. The van der Waals surface area contributed by atoms with Crippen LogP contribution in [0.4, 0.5) is 4.39 Å². The molecule has 1 unspecified atom stereocenters. The highest BCUT2D eigenvalue weighted by molar-refractivity contribution is 5.66. The zero-order valence-corrected chi connectivity index (χ0v) is 16.5. The lowest BCUT2D eigenvalue weighted by atomic mass is 9.98. The Morgan fingerprint density at radius 1 is 0.828 bits per heavy atom. The summed E-state index contributed by atoms with van der Waals surface area (Å²) in [6.45, 7) is 2.83. The summed E-state index contributed by atoms with van der Waals surface area (Å²) in [6, 6.07) is 24.9. The van der Waals surface area contributed by atoms with E-state index in [-0.39, 0.29) is 5.82 Å². The van der Waals surface area contributed by atoms with Crippen molar-refractivity contribution in [1.29, 1.82) is 0 Å². The van der Waals surface area contributed by atoms with E-state index in [4.69, 9.17) is 0 Å². The van der Waals surface area contributed by atoms with Crippen molar-refractivity contribution < 1.29 is 9.50 Å². The first-order valence-electron chi connectivity index (χ1n) is 10.2. The summed E-state index contributed by atoms with van der Waals surface area (Å²) in [4.78, 5) is 2.39. The van der Waals surface area contributed by atoms with Gasteiger partial charge in [0, 0.05) is 19.6 Å². The van der Waals surface area contributed by atoms with Gasteiger partial charge in [-0.1, -0.05) is 72.8 Å². The van der Waals surface area contributed by atoms with Crippen LogP contribution in [0.1, 0.15) is 30.1 Å². The number of benzene rings is 3. The molecule has 148 valence electrons. The van der Waals surface area contributed by atoms with Gasteiger partial charge in [0.15, 0.2) is 0 Å². The van der Waals surface area contributed by atoms with Crippen molar-refractivity contribution in [2.45, 2.75) is 18.9 Å². The molecule has 1 heterocycles. The summed E-state index contributed by atoms with van der Waals surface area (Å²) >= 11 is 0. The van der Waals surface area contributed by atoms with E-state index in [0.717, 1.165) is 42.7 Å². The van der Waals surface area contributed by atoms with Crippen LogP contribution in [0.5, 0.6) is 0 Å². The van der Waals surface area contributed by atoms with Crippen molar-refractivity contribution in [2.75, 3.05) is 19.6 Å². The Balaban J connectivity index is 1.30. The Bertz CT molecular complexity index is 948. The summed E-state index contributed by atoms with van der Waals surface area (Å²) in [6.07, 6.45) is 3.59. The molecule has 0 aromatic heterocycles. The van der Waals surface area contributed by atoms with Gasteiger partial charge < -0.3 is 5.11 Å². The third-order valence-electron chi connectivity index (χ3n) is 5.63. The lowest BCUT2D eigenvalue weighted by Gasteiger charge is -2.27. The smallest absolute Gasteiger partial charge is 0.123 e. The fourth-order valence-corrected chi connectivity index (χ4v) is 3.84. The highest BCUT2D eigenvalue weighted by Crippen LogP contribution is 2.25. The van der Waals surface area contributed by atoms with Crippen molar-refractivity contribution in [3.05, 3.63) is 102 Å². The molecule has 0 spiro atoms. The van der Waals surface area contributed by atoms with Crippen LogP contribution >= 0.6 is 0 Å². The number of halogens is 1. The van der Waals surface area contributed by atoms with Gasteiger partial charge in [0.2, 0.25) is 0 Å². The maximum absolute atomic E-state index is 13.1. The molecule has 3 aromatic rings. The van der Waals surface area contributed by atoms with Crippen molar-refractivity contribution in [2.24, 2.45) is 0 Å². The van der Waals surface area contributed by atoms with Crippen LogP contribution in [0, 0.1) is 5.82 Å². The Kier molecular flexibility index (Phi) is 6.18. The molecule has 1 aliphatic heterocycles. The third kappa shape index (κ3) is 5.00. The van der Waals surface area contributed by atoms with Crippen molar-refractivity contribution in [3.63, 3.8) is 0 Å². The van der Waals surface area contributed by atoms with E-state index < -0.39 is 6.10 Å². The SMILES string of the molecule is OC(CCN1CC=C(c2ccccc2)CC1)c1ccc(-c2ccc(F)cc2)cc1. The predicted molar refractivity (Wildman–Crippen MR) is 117 cm³/mol. The van der Waals surface area contributed by atoms with Crippen molar-refractivity contribution in [3.8, 4) is 11.1 Å². The van der Waals surface area contributed by atoms with Gasteiger partial charge in [0.25, 0.3) is 0 Å². The molecule has 2 nitrogen and oxygen atoms in total. The van der Waals surface area contributed by atoms with Gasteiger partial charge in [0.1, 0.15) is 5.82 Å². The van der Waals surface area contributed by atoms with Gasteiger partial charge in [-0.3, -0.25) is 4.90 Å². The molecule has 0 radical (unpaired) electrons. The van der Waals surface area contributed by atoms with E-state index in [0.29, 0.717) is 6.42 Å². The van der Waals surface area contributed by atoms with Gasteiger partial charge in [-0.05, 0) is 52.8 Å². The lowest BCUT2D eigenvalue weighted by Crippen LogP contribution is -2.30. The summed E-state index contributed by atoms with van der Waals surface area (Å²) in [5, 5.41) is 10.6. The molecule has 0 bridgehead atoms. The number of hydrogen-bond acceptors (Lipinski definition) is 2. The van der Waals surface area contributed by atoms with Crippen LogP contribution in [0.2, 0.25) is 0 Å². The number of aliphatic hydroxyl groups is 1. The number of aliphatic hydroxyl groups excluding tert-OH is 1. The minimum atomic E-state index is -0.475. The second kappa shape index (κ2) is 9.17.